The van der Waals surface area contributed by atoms with Crippen LogP contribution in [0.5, 0.6) is 5.75 Å². The fraction of sp³-hybridized carbons (Fsp3) is 0.714. The molecule has 0 heterocycles. The van der Waals surface area contributed by atoms with Crippen molar-refractivity contribution in [1.82, 2.24) is 0 Å². The largest absolute Gasteiger partial charge is 0.493 e. The van der Waals surface area contributed by atoms with Crippen molar-refractivity contribution >= 4 is 15.9 Å². The first-order valence-corrected chi connectivity index (χ1v) is 10.3. The maximum Gasteiger partial charge on any atom is 0.123 e. The third kappa shape index (κ3) is 6.76. The number of hydrogen-bond acceptors (Lipinski definition) is 2. The van der Waals surface area contributed by atoms with Crippen LogP contribution in [0.1, 0.15) is 77.8 Å². The highest BCUT2D eigenvalue weighted by molar-refractivity contribution is 9.09. The zero-order valence-electron chi connectivity index (χ0n) is 16.1. The summed E-state index contributed by atoms with van der Waals surface area (Å²) < 4.78 is 6.10. The summed E-state index contributed by atoms with van der Waals surface area (Å²) in [6.45, 7) is 11.7. The summed E-state index contributed by atoms with van der Waals surface area (Å²) in [5.41, 5.74) is 2.18. The van der Waals surface area contributed by atoms with Gasteiger partial charge in [0.15, 0.2) is 0 Å². The molecule has 0 bridgehead atoms. The van der Waals surface area contributed by atoms with Crippen LogP contribution in [0.4, 0.5) is 0 Å². The zero-order valence-corrected chi connectivity index (χ0v) is 17.7. The molecule has 0 amide bonds. The molecule has 1 N–H and O–H groups in total. The van der Waals surface area contributed by atoms with Crippen molar-refractivity contribution in [2.24, 2.45) is 0 Å². The van der Waals surface area contributed by atoms with Gasteiger partial charge >= 0.3 is 0 Å². The van der Waals surface area contributed by atoms with Crippen LogP contribution in [0.3, 0.4) is 0 Å². The fourth-order valence-corrected chi connectivity index (χ4v) is 3.06. The third-order valence-corrected chi connectivity index (χ3v) is 5.06. The number of alkyl halides is 1. The molecular weight excluding hydrogens is 364 g/mol. The standard InChI is InChI=1S/C21H35BrO2/c1-20(2,3)18-15-17(21(4,5)16-23)11-12-19(18)24-14-10-8-6-7-9-13-22/h11-12,15,23H,6-10,13-14,16H2,1-5H3. The van der Waals surface area contributed by atoms with E-state index in [-0.39, 0.29) is 17.4 Å². The van der Waals surface area contributed by atoms with Crippen molar-refractivity contribution in [1.29, 1.82) is 0 Å². The molecule has 0 aliphatic rings. The molecule has 0 atom stereocenters. The topological polar surface area (TPSA) is 29.5 Å². The van der Waals surface area contributed by atoms with Crippen LogP contribution >= 0.6 is 15.9 Å². The molecule has 0 aliphatic heterocycles. The SMILES string of the molecule is CC(C)(C)c1cc(C(C)(C)CO)ccc1OCCCCCCCBr. The van der Waals surface area contributed by atoms with Crippen molar-refractivity contribution in [3.05, 3.63) is 29.3 Å². The first-order chi connectivity index (χ1) is 11.2. The van der Waals surface area contributed by atoms with Crippen LogP contribution in [0.25, 0.3) is 0 Å². The van der Waals surface area contributed by atoms with Crippen molar-refractivity contribution < 1.29 is 9.84 Å². The van der Waals surface area contributed by atoms with E-state index in [0.29, 0.717) is 0 Å². The second kappa shape index (κ2) is 9.82. The van der Waals surface area contributed by atoms with Gasteiger partial charge in [-0.05, 0) is 35.4 Å². The summed E-state index contributed by atoms with van der Waals surface area (Å²) in [7, 11) is 0. The Morgan fingerprint density at radius 3 is 2.17 bits per heavy atom. The predicted octanol–water partition coefficient (Wildman–Crippen LogP) is 5.98. The van der Waals surface area contributed by atoms with Crippen molar-refractivity contribution in [3.8, 4) is 5.75 Å². The second-order valence-corrected chi connectivity index (χ2v) is 9.10. The van der Waals surface area contributed by atoms with Gasteiger partial charge < -0.3 is 9.84 Å². The van der Waals surface area contributed by atoms with Gasteiger partial charge in [0, 0.05) is 10.7 Å². The molecule has 0 fully saturated rings. The van der Waals surface area contributed by atoms with E-state index in [1.165, 1.54) is 31.2 Å². The van der Waals surface area contributed by atoms with Crippen molar-refractivity contribution in [2.75, 3.05) is 18.5 Å². The predicted molar refractivity (Wildman–Crippen MR) is 108 cm³/mol. The summed E-state index contributed by atoms with van der Waals surface area (Å²) in [4.78, 5) is 0. The first kappa shape index (κ1) is 21.5. The van der Waals surface area contributed by atoms with E-state index in [9.17, 15) is 5.11 Å². The Labute approximate surface area is 157 Å². The molecule has 0 saturated heterocycles. The third-order valence-electron chi connectivity index (χ3n) is 4.50. The van der Waals surface area contributed by atoms with Gasteiger partial charge in [-0.15, -0.1) is 0 Å². The Bertz CT molecular complexity index is 489. The Hall–Kier alpha value is -0.540. The van der Waals surface area contributed by atoms with E-state index < -0.39 is 0 Å². The number of rotatable bonds is 10. The number of aliphatic hydroxyl groups is 1. The Morgan fingerprint density at radius 2 is 1.58 bits per heavy atom. The van der Waals surface area contributed by atoms with E-state index in [1.807, 2.05) is 0 Å². The lowest BCUT2D eigenvalue weighted by Crippen LogP contribution is -2.23. The molecule has 1 aromatic rings. The van der Waals surface area contributed by atoms with Crippen LogP contribution in [0.2, 0.25) is 0 Å². The Balaban J connectivity index is 2.73. The molecule has 1 rings (SSSR count). The summed E-state index contributed by atoms with van der Waals surface area (Å²) in [5.74, 6) is 0.987. The molecule has 0 aliphatic carbocycles. The molecule has 0 unspecified atom stereocenters. The Kier molecular flexibility index (Phi) is 8.80. The molecular formula is C21H35BrO2. The lowest BCUT2D eigenvalue weighted by molar-refractivity contribution is 0.218. The van der Waals surface area contributed by atoms with E-state index in [4.69, 9.17) is 4.74 Å². The molecule has 138 valence electrons. The number of hydrogen-bond donors (Lipinski definition) is 1. The number of aliphatic hydroxyl groups excluding tert-OH is 1. The molecule has 0 radical (unpaired) electrons. The average molecular weight is 399 g/mol. The second-order valence-electron chi connectivity index (χ2n) is 8.31. The van der Waals surface area contributed by atoms with Crippen molar-refractivity contribution in [2.45, 2.75) is 77.6 Å². The normalized spacial score (nSPS) is 12.5. The monoisotopic (exact) mass is 398 g/mol. The maximum absolute atomic E-state index is 9.64. The van der Waals surface area contributed by atoms with Gasteiger partial charge in [-0.25, -0.2) is 0 Å². The smallest absolute Gasteiger partial charge is 0.123 e. The zero-order chi connectivity index (χ0) is 18.2. The summed E-state index contributed by atoms with van der Waals surface area (Å²) in [6.07, 6.45) is 6.18. The van der Waals surface area contributed by atoms with Crippen LogP contribution < -0.4 is 4.74 Å². The summed E-state index contributed by atoms with van der Waals surface area (Å²) >= 11 is 3.47. The fourth-order valence-electron chi connectivity index (χ4n) is 2.66. The maximum atomic E-state index is 9.64. The van der Waals surface area contributed by atoms with E-state index in [0.717, 1.165) is 29.7 Å². The highest BCUT2D eigenvalue weighted by atomic mass is 79.9. The Morgan fingerprint density at radius 1 is 0.958 bits per heavy atom. The number of halogens is 1. The lowest BCUT2D eigenvalue weighted by atomic mass is 9.79. The van der Waals surface area contributed by atoms with Crippen molar-refractivity contribution in [3.63, 3.8) is 0 Å². The quantitative estimate of drug-likeness (QED) is 0.388. The molecule has 0 aromatic heterocycles. The summed E-state index contributed by atoms with van der Waals surface area (Å²) in [6, 6.07) is 6.39. The van der Waals surface area contributed by atoms with Crippen LogP contribution in [0, 0.1) is 0 Å². The van der Waals surface area contributed by atoms with Gasteiger partial charge in [-0.2, -0.15) is 0 Å². The summed E-state index contributed by atoms with van der Waals surface area (Å²) in [5, 5.41) is 10.7. The molecule has 2 nitrogen and oxygen atoms in total. The van der Waals surface area contributed by atoms with Crippen LogP contribution in [-0.4, -0.2) is 23.7 Å². The average Bonchev–Trinajstić information content (AvgIpc) is 2.53. The van der Waals surface area contributed by atoms with Crippen LogP contribution in [-0.2, 0) is 10.8 Å². The number of benzene rings is 1. The molecule has 1 aromatic carbocycles. The van der Waals surface area contributed by atoms with Gasteiger partial charge in [-0.1, -0.05) is 81.9 Å². The van der Waals surface area contributed by atoms with E-state index >= 15 is 0 Å². The van der Waals surface area contributed by atoms with Gasteiger partial charge in [0.2, 0.25) is 0 Å². The highest BCUT2D eigenvalue weighted by Gasteiger charge is 2.25. The minimum atomic E-state index is -0.228. The highest BCUT2D eigenvalue weighted by Crippen LogP contribution is 2.35. The van der Waals surface area contributed by atoms with Gasteiger partial charge in [0.05, 0.1) is 13.2 Å². The minimum Gasteiger partial charge on any atom is -0.493 e. The van der Waals surface area contributed by atoms with Gasteiger partial charge in [0.25, 0.3) is 0 Å². The number of ether oxygens (including phenoxy) is 1. The molecule has 24 heavy (non-hydrogen) atoms. The molecule has 0 spiro atoms. The first-order valence-electron chi connectivity index (χ1n) is 9.17. The van der Waals surface area contributed by atoms with Gasteiger partial charge in [0.1, 0.15) is 5.75 Å². The van der Waals surface area contributed by atoms with Crippen LogP contribution in [0.15, 0.2) is 18.2 Å². The minimum absolute atomic E-state index is 0.0206. The number of unbranched alkanes of at least 4 members (excludes halogenated alkanes) is 4. The molecule has 3 heteroatoms. The van der Waals surface area contributed by atoms with Gasteiger partial charge in [-0.3, -0.25) is 0 Å². The molecule has 0 saturated carbocycles. The van der Waals surface area contributed by atoms with E-state index in [2.05, 4.69) is 68.7 Å². The van der Waals surface area contributed by atoms with E-state index in [1.54, 1.807) is 0 Å². The lowest BCUT2D eigenvalue weighted by Gasteiger charge is -2.28.